The van der Waals surface area contributed by atoms with Crippen molar-refractivity contribution in [3.05, 3.63) is 68.2 Å². The molecule has 2 aromatic carbocycles. The Morgan fingerprint density at radius 1 is 1.16 bits per heavy atom. The summed E-state index contributed by atoms with van der Waals surface area (Å²) >= 11 is 3.46. The topological polar surface area (TPSA) is 50.5 Å². The lowest BCUT2D eigenvalue weighted by Gasteiger charge is -2.29. The number of hydrogen-bond acceptors (Lipinski definition) is 4. The normalized spacial score (nSPS) is 15.7. The summed E-state index contributed by atoms with van der Waals surface area (Å²) < 4.78 is 2.33. The van der Waals surface area contributed by atoms with Crippen molar-refractivity contribution in [1.82, 2.24) is 9.66 Å². The number of benzene rings is 2. The van der Waals surface area contributed by atoms with Crippen molar-refractivity contribution in [2.75, 3.05) is 18.0 Å². The molecule has 1 fully saturated rings. The van der Waals surface area contributed by atoms with Crippen molar-refractivity contribution in [2.45, 2.75) is 52.4 Å². The molecule has 2 heterocycles. The predicted molar refractivity (Wildman–Crippen MR) is 133 cm³/mol. The van der Waals surface area contributed by atoms with Crippen LogP contribution in [0, 0.1) is 6.92 Å². The molecule has 0 amide bonds. The Kier molecular flexibility index (Phi) is 6.56. The lowest BCUT2D eigenvalue weighted by Crippen LogP contribution is -2.29. The number of halogens is 1. The number of anilines is 1. The molecule has 0 unspecified atom stereocenters. The maximum Gasteiger partial charge on any atom is 0.282 e. The maximum absolute atomic E-state index is 13.3. The van der Waals surface area contributed by atoms with Gasteiger partial charge < -0.3 is 4.90 Å². The van der Waals surface area contributed by atoms with Crippen molar-refractivity contribution in [3.63, 3.8) is 0 Å². The van der Waals surface area contributed by atoms with E-state index < -0.39 is 0 Å². The molecule has 0 radical (unpaired) electrons. The van der Waals surface area contributed by atoms with Gasteiger partial charge in [0, 0.05) is 29.2 Å². The predicted octanol–water partition coefficient (Wildman–Crippen LogP) is 5.85. The zero-order chi connectivity index (χ0) is 22.0. The van der Waals surface area contributed by atoms with Crippen LogP contribution in [0.3, 0.4) is 0 Å². The largest absolute Gasteiger partial charge is 0.372 e. The van der Waals surface area contributed by atoms with Crippen LogP contribution < -0.4 is 10.5 Å². The van der Waals surface area contributed by atoms with Crippen molar-refractivity contribution in [1.29, 1.82) is 0 Å². The Balaban J connectivity index is 1.73. The highest BCUT2D eigenvalue weighted by Gasteiger charge is 2.16. The van der Waals surface area contributed by atoms with Gasteiger partial charge in [-0.15, -0.1) is 0 Å². The van der Waals surface area contributed by atoms with Gasteiger partial charge in [0.2, 0.25) is 0 Å². The third-order valence-corrected chi connectivity index (χ3v) is 6.67. The third-order valence-electron chi connectivity index (χ3n) is 6.17. The van der Waals surface area contributed by atoms with Crippen LogP contribution in [0.2, 0.25) is 0 Å². The van der Waals surface area contributed by atoms with Crippen LogP contribution in [0.4, 0.5) is 5.69 Å². The number of hydrogen-bond donors (Lipinski definition) is 0. The minimum Gasteiger partial charge on any atom is -0.372 e. The van der Waals surface area contributed by atoms with E-state index in [0.29, 0.717) is 16.7 Å². The second-order valence-corrected chi connectivity index (χ2v) is 9.31. The summed E-state index contributed by atoms with van der Waals surface area (Å²) in [6.07, 6.45) is 6.51. The minimum atomic E-state index is -0.138. The van der Waals surface area contributed by atoms with Gasteiger partial charge in [0.05, 0.1) is 17.1 Å². The van der Waals surface area contributed by atoms with Crippen LogP contribution in [0.5, 0.6) is 0 Å². The van der Waals surface area contributed by atoms with E-state index in [1.165, 1.54) is 29.6 Å². The standard InChI is InChI=1S/C25H29BrN4O/c1-4-17(2)24-28-23-11-9-20(26)15-22(23)25(31)30(24)27-16-19-8-10-21(14-18(19)3)29-12-6-5-7-13-29/h8-11,14-17H,4-7,12-13H2,1-3H3/t17-/m1/s1. The number of fused-ring (bicyclic) bond motifs is 1. The Labute approximate surface area is 191 Å². The second-order valence-electron chi connectivity index (χ2n) is 8.39. The van der Waals surface area contributed by atoms with Gasteiger partial charge in [-0.3, -0.25) is 4.79 Å². The third kappa shape index (κ3) is 4.59. The summed E-state index contributed by atoms with van der Waals surface area (Å²) in [7, 11) is 0. The molecule has 5 nitrogen and oxygen atoms in total. The summed E-state index contributed by atoms with van der Waals surface area (Å²) in [5, 5.41) is 5.18. The van der Waals surface area contributed by atoms with Crippen LogP contribution in [0.1, 0.15) is 62.4 Å². The molecule has 3 aromatic rings. The van der Waals surface area contributed by atoms with Gasteiger partial charge in [0.15, 0.2) is 0 Å². The molecule has 0 N–H and O–H groups in total. The molecule has 0 bridgehead atoms. The number of rotatable bonds is 5. The molecule has 31 heavy (non-hydrogen) atoms. The van der Waals surface area contributed by atoms with Crippen molar-refractivity contribution >= 4 is 38.7 Å². The van der Waals surface area contributed by atoms with Gasteiger partial charge in [-0.05, 0) is 74.1 Å². The maximum atomic E-state index is 13.3. The van der Waals surface area contributed by atoms with E-state index in [2.05, 4.69) is 64.9 Å². The van der Waals surface area contributed by atoms with Crippen LogP contribution >= 0.6 is 15.9 Å². The summed E-state index contributed by atoms with van der Waals surface area (Å²) in [5.41, 5.74) is 4.00. The average molecular weight is 481 g/mol. The van der Waals surface area contributed by atoms with Crippen LogP contribution in [-0.4, -0.2) is 29.0 Å². The molecular formula is C25H29BrN4O. The lowest BCUT2D eigenvalue weighted by molar-refractivity contribution is 0.578. The van der Waals surface area contributed by atoms with Gasteiger partial charge in [-0.1, -0.05) is 35.8 Å². The summed E-state index contributed by atoms with van der Waals surface area (Å²) in [6, 6.07) is 12.1. The van der Waals surface area contributed by atoms with E-state index in [1.54, 1.807) is 6.21 Å². The highest BCUT2D eigenvalue weighted by Crippen LogP contribution is 2.23. The first-order valence-corrected chi connectivity index (χ1v) is 11.9. The molecular weight excluding hydrogens is 452 g/mol. The van der Waals surface area contributed by atoms with Gasteiger partial charge >= 0.3 is 0 Å². The first-order valence-electron chi connectivity index (χ1n) is 11.1. The SMILES string of the molecule is CC[C@@H](C)c1nc2ccc(Br)cc2c(=O)n1N=Cc1ccc(N2CCCCC2)cc1C. The monoisotopic (exact) mass is 480 g/mol. The zero-order valence-corrected chi connectivity index (χ0v) is 20.0. The van der Waals surface area contributed by atoms with Crippen LogP contribution in [0.25, 0.3) is 10.9 Å². The van der Waals surface area contributed by atoms with Crippen molar-refractivity contribution in [2.24, 2.45) is 5.10 Å². The van der Waals surface area contributed by atoms with E-state index in [9.17, 15) is 4.79 Å². The summed E-state index contributed by atoms with van der Waals surface area (Å²) in [4.78, 5) is 20.5. The summed E-state index contributed by atoms with van der Waals surface area (Å²) in [6.45, 7) is 8.53. The lowest BCUT2D eigenvalue weighted by atomic mass is 10.1. The molecule has 0 aliphatic carbocycles. The van der Waals surface area contributed by atoms with Gasteiger partial charge in [0.25, 0.3) is 5.56 Å². The highest BCUT2D eigenvalue weighted by molar-refractivity contribution is 9.10. The molecule has 0 spiro atoms. The fraction of sp³-hybridized carbons (Fsp3) is 0.400. The highest BCUT2D eigenvalue weighted by atomic mass is 79.9. The average Bonchev–Trinajstić information content (AvgIpc) is 2.79. The fourth-order valence-corrected chi connectivity index (χ4v) is 4.41. The van der Waals surface area contributed by atoms with Crippen molar-refractivity contribution in [3.8, 4) is 0 Å². The van der Waals surface area contributed by atoms with E-state index in [1.807, 2.05) is 18.2 Å². The van der Waals surface area contributed by atoms with Gasteiger partial charge in [-0.2, -0.15) is 9.78 Å². The van der Waals surface area contributed by atoms with Crippen LogP contribution in [0.15, 0.2) is 50.8 Å². The van der Waals surface area contributed by atoms with Gasteiger partial charge in [-0.25, -0.2) is 4.98 Å². The molecule has 4 rings (SSSR count). The van der Waals surface area contributed by atoms with Gasteiger partial charge in [0.1, 0.15) is 5.82 Å². The molecule has 1 aliphatic heterocycles. The molecule has 6 heteroatoms. The molecule has 1 aliphatic rings. The molecule has 0 saturated carbocycles. The number of aromatic nitrogens is 2. The number of aryl methyl sites for hydroxylation is 1. The zero-order valence-electron chi connectivity index (χ0n) is 18.4. The first kappa shape index (κ1) is 21.8. The molecule has 162 valence electrons. The number of piperidine rings is 1. The molecule has 1 aromatic heterocycles. The van der Waals surface area contributed by atoms with Crippen LogP contribution in [-0.2, 0) is 0 Å². The molecule has 1 saturated heterocycles. The second kappa shape index (κ2) is 9.35. The minimum absolute atomic E-state index is 0.125. The Morgan fingerprint density at radius 3 is 2.65 bits per heavy atom. The fourth-order valence-electron chi connectivity index (χ4n) is 4.05. The number of nitrogens with zero attached hydrogens (tertiary/aromatic N) is 4. The molecule has 1 atom stereocenters. The van der Waals surface area contributed by atoms with E-state index in [4.69, 9.17) is 4.98 Å². The Hall–Kier alpha value is -2.47. The van der Waals surface area contributed by atoms with E-state index >= 15 is 0 Å². The Bertz CT molecular complexity index is 1180. The Morgan fingerprint density at radius 2 is 1.94 bits per heavy atom. The summed E-state index contributed by atoms with van der Waals surface area (Å²) in [5.74, 6) is 0.821. The van der Waals surface area contributed by atoms with E-state index in [0.717, 1.165) is 35.1 Å². The smallest absolute Gasteiger partial charge is 0.282 e. The first-order chi connectivity index (χ1) is 15.0. The quantitative estimate of drug-likeness (QED) is 0.430. The van der Waals surface area contributed by atoms with Crippen molar-refractivity contribution < 1.29 is 0 Å². The van der Waals surface area contributed by atoms with E-state index in [-0.39, 0.29) is 11.5 Å².